The molecule has 0 aliphatic heterocycles. The Morgan fingerprint density at radius 3 is 2.67 bits per heavy atom. The van der Waals surface area contributed by atoms with Gasteiger partial charge in [-0.05, 0) is 23.3 Å². The van der Waals surface area contributed by atoms with Gasteiger partial charge < -0.3 is 10.1 Å². The first-order valence-electron chi connectivity index (χ1n) is 7.09. The SMILES string of the molecule is O=C(NCC=Cc1ccnc(C(F)(F)F)c1)OCc1ccccc1. The quantitative estimate of drug-likeness (QED) is 0.896. The molecule has 1 aromatic heterocycles. The maximum atomic E-state index is 12.5. The predicted molar refractivity (Wildman–Crippen MR) is 82.9 cm³/mol. The molecule has 4 nitrogen and oxygen atoms in total. The van der Waals surface area contributed by atoms with Crippen molar-refractivity contribution < 1.29 is 22.7 Å². The normalized spacial score (nSPS) is 11.5. The summed E-state index contributed by atoms with van der Waals surface area (Å²) in [7, 11) is 0. The van der Waals surface area contributed by atoms with Gasteiger partial charge in [-0.2, -0.15) is 13.2 Å². The van der Waals surface area contributed by atoms with Gasteiger partial charge in [0.2, 0.25) is 0 Å². The van der Waals surface area contributed by atoms with Crippen LogP contribution in [-0.4, -0.2) is 17.6 Å². The number of carbonyl (C=O) groups is 1. The van der Waals surface area contributed by atoms with Crippen LogP contribution in [0.5, 0.6) is 0 Å². The van der Waals surface area contributed by atoms with Crippen molar-refractivity contribution >= 4 is 12.2 Å². The zero-order valence-corrected chi connectivity index (χ0v) is 12.6. The Hall–Kier alpha value is -2.83. The van der Waals surface area contributed by atoms with Crippen molar-refractivity contribution in [2.24, 2.45) is 0 Å². The Kier molecular flexibility index (Phi) is 5.95. The van der Waals surface area contributed by atoms with Gasteiger partial charge in [0.05, 0.1) is 0 Å². The number of benzene rings is 1. The van der Waals surface area contributed by atoms with E-state index in [1.807, 2.05) is 30.3 Å². The molecule has 0 bridgehead atoms. The van der Waals surface area contributed by atoms with E-state index in [1.54, 1.807) is 0 Å². The predicted octanol–water partition coefficient (Wildman–Crippen LogP) is 4.04. The first-order chi connectivity index (χ1) is 11.4. The number of hydrogen-bond acceptors (Lipinski definition) is 3. The van der Waals surface area contributed by atoms with Gasteiger partial charge in [-0.25, -0.2) is 4.79 Å². The molecule has 0 aliphatic carbocycles. The average molecular weight is 336 g/mol. The highest BCUT2D eigenvalue weighted by Crippen LogP contribution is 2.27. The number of hydrogen-bond donors (Lipinski definition) is 1. The van der Waals surface area contributed by atoms with E-state index in [4.69, 9.17) is 4.74 Å². The number of ether oxygens (including phenoxy) is 1. The van der Waals surface area contributed by atoms with Gasteiger partial charge in [0.25, 0.3) is 0 Å². The lowest BCUT2D eigenvalue weighted by molar-refractivity contribution is -0.141. The van der Waals surface area contributed by atoms with Crippen LogP contribution >= 0.6 is 0 Å². The molecule has 0 spiro atoms. The van der Waals surface area contributed by atoms with Crippen molar-refractivity contribution in [3.63, 3.8) is 0 Å². The molecule has 0 fully saturated rings. The van der Waals surface area contributed by atoms with Crippen LogP contribution in [0.2, 0.25) is 0 Å². The van der Waals surface area contributed by atoms with Crippen molar-refractivity contribution in [1.82, 2.24) is 10.3 Å². The summed E-state index contributed by atoms with van der Waals surface area (Å²) >= 11 is 0. The third-order valence-corrected chi connectivity index (χ3v) is 2.96. The highest BCUT2D eigenvalue weighted by molar-refractivity contribution is 5.67. The van der Waals surface area contributed by atoms with Crippen LogP contribution in [0.1, 0.15) is 16.8 Å². The first kappa shape index (κ1) is 17.5. The van der Waals surface area contributed by atoms with Crippen molar-refractivity contribution in [3.05, 3.63) is 71.6 Å². The van der Waals surface area contributed by atoms with Gasteiger partial charge in [0, 0.05) is 12.7 Å². The number of rotatable bonds is 5. The van der Waals surface area contributed by atoms with Crippen molar-refractivity contribution in [2.45, 2.75) is 12.8 Å². The third-order valence-electron chi connectivity index (χ3n) is 2.96. The number of alkyl halides is 3. The fourth-order valence-electron chi connectivity index (χ4n) is 1.82. The second-order valence-electron chi connectivity index (χ2n) is 4.82. The molecule has 0 unspecified atom stereocenters. The molecule has 2 rings (SSSR count). The largest absolute Gasteiger partial charge is 0.445 e. The molecular weight excluding hydrogens is 321 g/mol. The summed E-state index contributed by atoms with van der Waals surface area (Å²) in [5, 5.41) is 2.48. The number of carbonyl (C=O) groups excluding carboxylic acids is 1. The standard InChI is InChI=1S/C17H15F3N2O2/c18-17(19,20)15-11-13(8-10-21-15)7-4-9-22-16(23)24-12-14-5-2-1-3-6-14/h1-8,10-11H,9,12H2,(H,22,23). The molecule has 0 saturated heterocycles. The van der Waals surface area contributed by atoms with Crippen molar-refractivity contribution in [3.8, 4) is 0 Å². The Morgan fingerprint density at radius 2 is 1.96 bits per heavy atom. The molecule has 1 N–H and O–H groups in total. The van der Waals surface area contributed by atoms with Crippen LogP contribution in [0.4, 0.5) is 18.0 Å². The van der Waals surface area contributed by atoms with Crippen LogP contribution in [0.25, 0.3) is 6.08 Å². The summed E-state index contributed by atoms with van der Waals surface area (Å²) < 4.78 is 42.6. The second-order valence-corrected chi connectivity index (χ2v) is 4.82. The maximum Gasteiger partial charge on any atom is 0.433 e. The number of aromatic nitrogens is 1. The number of nitrogens with one attached hydrogen (secondary N) is 1. The summed E-state index contributed by atoms with van der Waals surface area (Å²) in [6.45, 7) is 0.285. The summed E-state index contributed by atoms with van der Waals surface area (Å²) in [5.41, 5.74) is 0.247. The van der Waals surface area contributed by atoms with Gasteiger partial charge >= 0.3 is 12.3 Å². The van der Waals surface area contributed by atoms with E-state index in [0.29, 0.717) is 5.56 Å². The van der Waals surface area contributed by atoms with Gasteiger partial charge in [0.1, 0.15) is 12.3 Å². The number of amides is 1. The molecule has 24 heavy (non-hydrogen) atoms. The fraction of sp³-hybridized carbons (Fsp3) is 0.176. The molecule has 2 aromatic rings. The zero-order chi connectivity index (χ0) is 17.4. The lowest BCUT2D eigenvalue weighted by Crippen LogP contribution is -2.24. The fourth-order valence-corrected chi connectivity index (χ4v) is 1.82. The minimum atomic E-state index is -4.48. The Labute approximate surface area is 137 Å². The van der Waals surface area contributed by atoms with Gasteiger partial charge in [-0.15, -0.1) is 0 Å². The van der Waals surface area contributed by atoms with Crippen molar-refractivity contribution in [2.75, 3.05) is 6.54 Å². The first-order valence-corrected chi connectivity index (χ1v) is 7.09. The number of halogens is 3. The van der Waals surface area contributed by atoms with E-state index in [-0.39, 0.29) is 13.2 Å². The minimum Gasteiger partial charge on any atom is -0.445 e. The van der Waals surface area contributed by atoms with Crippen LogP contribution in [-0.2, 0) is 17.5 Å². The number of alkyl carbamates (subject to hydrolysis) is 1. The zero-order valence-electron chi connectivity index (χ0n) is 12.6. The van der Waals surface area contributed by atoms with Crippen molar-refractivity contribution in [1.29, 1.82) is 0 Å². The van der Waals surface area contributed by atoms with E-state index in [1.165, 1.54) is 18.2 Å². The van der Waals surface area contributed by atoms with Gasteiger partial charge in [0.15, 0.2) is 0 Å². The molecule has 0 radical (unpaired) electrons. The molecule has 1 amide bonds. The Balaban J connectivity index is 1.77. The smallest absolute Gasteiger partial charge is 0.433 e. The summed E-state index contributed by atoms with van der Waals surface area (Å²) in [4.78, 5) is 14.8. The van der Waals surface area contributed by atoms with Crippen LogP contribution in [0.3, 0.4) is 0 Å². The molecule has 7 heteroatoms. The van der Waals surface area contributed by atoms with E-state index in [9.17, 15) is 18.0 Å². The lowest BCUT2D eigenvalue weighted by atomic mass is 10.2. The molecule has 0 saturated carbocycles. The van der Waals surface area contributed by atoms with E-state index in [0.717, 1.165) is 17.8 Å². The molecule has 1 aromatic carbocycles. The highest BCUT2D eigenvalue weighted by Gasteiger charge is 2.32. The van der Waals surface area contributed by atoms with Crippen LogP contribution in [0, 0.1) is 0 Å². The monoisotopic (exact) mass is 336 g/mol. The van der Waals surface area contributed by atoms with Crippen LogP contribution in [0.15, 0.2) is 54.7 Å². The van der Waals surface area contributed by atoms with Gasteiger partial charge in [-0.3, -0.25) is 4.98 Å². The maximum absolute atomic E-state index is 12.5. The Morgan fingerprint density at radius 1 is 1.21 bits per heavy atom. The third kappa shape index (κ3) is 5.75. The molecular formula is C17H15F3N2O2. The minimum absolute atomic E-state index is 0.136. The summed E-state index contributed by atoms with van der Waals surface area (Å²) in [6.07, 6.45) is -1.00. The Bertz CT molecular complexity index is 700. The van der Waals surface area contributed by atoms with E-state index >= 15 is 0 Å². The molecule has 0 atom stereocenters. The topological polar surface area (TPSA) is 51.2 Å². The average Bonchev–Trinajstić information content (AvgIpc) is 2.57. The number of nitrogens with zero attached hydrogens (tertiary/aromatic N) is 1. The summed E-state index contributed by atoms with van der Waals surface area (Å²) in [5.74, 6) is 0. The van der Waals surface area contributed by atoms with E-state index in [2.05, 4.69) is 10.3 Å². The van der Waals surface area contributed by atoms with E-state index < -0.39 is 18.0 Å². The molecule has 126 valence electrons. The molecule has 1 heterocycles. The van der Waals surface area contributed by atoms with Gasteiger partial charge in [-0.1, -0.05) is 42.5 Å². The molecule has 0 aliphatic rings. The second kappa shape index (κ2) is 8.14. The summed E-state index contributed by atoms with van der Waals surface area (Å²) in [6, 6.07) is 11.6. The highest BCUT2D eigenvalue weighted by atomic mass is 19.4. The van der Waals surface area contributed by atoms with Crippen LogP contribution < -0.4 is 5.32 Å². The number of pyridine rings is 1. The lowest BCUT2D eigenvalue weighted by Gasteiger charge is -2.06.